The summed E-state index contributed by atoms with van der Waals surface area (Å²) in [5.41, 5.74) is 3.19. The molecular formula is C25H28N4O4. The summed E-state index contributed by atoms with van der Waals surface area (Å²) in [6.07, 6.45) is 0.717. The Labute approximate surface area is 192 Å². The second kappa shape index (κ2) is 9.85. The van der Waals surface area contributed by atoms with E-state index >= 15 is 0 Å². The molecule has 2 aliphatic heterocycles. The Hall–Kier alpha value is -3.68. The smallest absolute Gasteiger partial charge is 0.322 e. The van der Waals surface area contributed by atoms with Crippen molar-refractivity contribution in [3.8, 4) is 11.1 Å². The van der Waals surface area contributed by atoms with Gasteiger partial charge in [-0.2, -0.15) is 0 Å². The van der Waals surface area contributed by atoms with Crippen LogP contribution in [0.5, 0.6) is 0 Å². The minimum absolute atomic E-state index is 0.0591. The number of carbonyl (C=O) groups excluding carboxylic acids is 4. The molecule has 2 heterocycles. The maximum absolute atomic E-state index is 13.1. The molecule has 2 atom stereocenters. The van der Waals surface area contributed by atoms with Crippen LogP contribution >= 0.6 is 0 Å². The highest BCUT2D eigenvalue weighted by Crippen LogP contribution is 2.22. The van der Waals surface area contributed by atoms with Crippen LogP contribution in [-0.4, -0.2) is 65.3 Å². The van der Waals surface area contributed by atoms with Gasteiger partial charge in [0.15, 0.2) is 0 Å². The molecule has 0 aliphatic carbocycles. The van der Waals surface area contributed by atoms with Gasteiger partial charge < -0.3 is 15.1 Å². The van der Waals surface area contributed by atoms with Crippen molar-refractivity contribution in [3.05, 3.63) is 60.2 Å². The highest BCUT2D eigenvalue weighted by Gasteiger charge is 2.37. The molecule has 2 N–H and O–H groups in total. The SMILES string of the molecule is CCN1CCN(C(=O)CC[C@@H]2NC(=O)NC2=O)[C@H](Cc2ccc(-c3ccccc3)cc2)C1=O. The van der Waals surface area contributed by atoms with Gasteiger partial charge in [-0.05, 0) is 30.0 Å². The molecule has 2 aromatic rings. The fourth-order valence-corrected chi connectivity index (χ4v) is 4.41. The quantitative estimate of drug-likeness (QED) is 0.633. The summed E-state index contributed by atoms with van der Waals surface area (Å²) in [7, 11) is 0. The number of nitrogens with zero attached hydrogens (tertiary/aromatic N) is 2. The number of rotatable bonds is 7. The number of amides is 5. The van der Waals surface area contributed by atoms with Gasteiger partial charge in [-0.3, -0.25) is 19.7 Å². The molecule has 2 aromatic carbocycles. The molecular weight excluding hydrogens is 420 g/mol. The lowest BCUT2D eigenvalue weighted by molar-refractivity contribution is -0.151. The summed E-state index contributed by atoms with van der Waals surface area (Å²) in [6.45, 7) is 3.47. The fourth-order valence-electron chi connectivity index (χ4n) is 4.41. The van der Waals surface area contributed by atoms with Crippen LogP contribution < -0.4 is 10.6 Å². The summed E-state index contributed by atoms with van der Waals surface area (Å²) in [5.74, 6) is -0.662. The number of hydrogen-bond donors (Lipinski definition) is 2. The van der Waals surface area contributed by atoms with E-state index in [1.165, 1.54) is 0 Å². The maximum Gasteiger partial charge on any atom is 0.322 e. The van der Waals surface area contributed by atoms with Crippen molar-refractivity contribution in [2.24, 2.45) is 0 Å². The minimum Gasteiger partial charge on any atom is -0.339 e. The number of imide groups is 1. The van der Waals surface area contributed by atoms with Gasteiger partial charge in [-0.15, -0.1) is 0 Å². The van der Waals surface area contributed by atoms with Crippen molar-refractivity contribution in [3.63, 3.8) is 0 Å². The summed E-state index contributed by atoms with van der Waals surface area (Å²) < 4.78 is 0. The third-order valence-electron chi connectivity index (χ3n) is 6.28. The Balaban J connectivity index is 1.46. The second-order valence-electron chi connectivity index (χ2n) is 8.34. The molecule has 0 bridgehead atoms. The number of carbonyl (C=O) groups is 4. The average molecular weight is 449 g/mol. The van der Waals surface area contributed by atoms with Crippen LogP contribution in [0.15, 0.2) is 54.6 Å². The van der Waals surface area contributed by atoms with Crippen LogP contribution in [0.25, 0.3) is 11.1 Å². The molecule has 0 aromatic heterocycles. The topological polar surface area (TPSA) is 98.8 Å². The van der Waals surface area contributed by atoms with Crippen molar-refractivity contribution >= 4 is 23.8 Å². The molecule has 33 heavy (non-hydrogen) atoms. The van der Waals surface area contributed by atoms with Gasteiger partial charge in [0.1, 0.15) is 12.1 Å². The Morgan fingerprint density at radius 3 is 2.30 bits per heavy atom. The predicted octanol–water partition coefficient (Wildman–Crippen LogP) is 1.94. The third kappa shape index (κ3) is 5.05. The third-order valence-corrected chi connectivity index (χ3v) is 6.28. The van der Waals surface area contributed by atoms with E-state index in [4.69, 9.17) is 0 Å². The van der Waals surface area contributed by atoms with Gasteiger partial charge in [0.2, 0.25) is 11.8 Å². The van der Waals surface area contributed by atoms with Crippen molar-refractivity contribution in [2.75, 3.05) is 19.6 Å². The van der Waals surface area contributed by atoms with Gasteiger partial charge in [0.25, 0.3) is 5.91 Å². The molecule has 172 valence electrons. The van der Waals surface area contributed by atoms with Gasteiger partial charge in [-0.1, -0.05) is 54.6 Å². The van der Waals surface area contributed by atoms with Gasteiger partial charge >= 0.3 is 6.03 Å². The molecule has 0 radical (unpaired) electrons. The Morgan fingerprint density at radius 2 is 1.67 bits per heavy atom. The first-order valence-corrected chi connectivity index (χ1v) is 11.3. The molecule has 2 saturated heterocycles. The summed E-state index contributed by atoms with van der Waals surface area (Å²) in [4.78, 5) is 52.6. The van der Waals surface area contributed by atoms with Crippen LogP contribution in [0.4, 0.5) is 4.79 Å². The molecule has 5 amide bonds. The summed E-state index contributed by atoms with van der Waals surface area (Å²) in [5, 5.41) is 4.68. The number of piperazine rings is 1. The first kappa shape index (κ1) is 22.5. The van der Waals surface area contributed by atoms with E-state index in [0.29, 0.717) is 26.1 Å². The molecule has 0 spiro atoms. The molecule has 4 rings (SSSR count). The maximum atomic E-state index is 13.1. The normalized spacial score (nSPS) is 20.6. The van der Waals surface area contributed by atoms with Crippen molar-refractivity contribution < 1.29 is 19.2 Å². The fraction of sp³-hybridized carbons (Fsp3) is 0.360. The van der Waals surface area contributed by atoms with E-state index in [0.717, 1.165) is 16.7 Å². The predicted molar refractivity (Wildman–Crippen MR) is 123 cm³/mol. The van der Waals surface area contributed by atoms with E-state index in [2.05, 4.69) is 10.6 Å². The largest absolute Gasteiger partial charge is 0.339 e. The lowest BCUT2D eigenvalue weighted by Gasteiger charge is -2.40. The van der Waals surface area contributed by atoms with Gasteiger partial charge in [0.05, 0.1) is 0 Å². The standard InChI is InChI=1S/C25H28N4O4/c1-2-28-14-15-29(22(30)13-12-20-23(31)27-25(33)26-20)21(24(28)32)16-17-8-10-19(11-9-17)18-6-4-3-5-7-18/h3-11,20-21H,2,12-16H2,1H3,(H2,26,27,31,33)/t20-,21+/m0/s1. The first-order chi connectivity index (χ1) is 16.0. The van der Waals surface area contributed by atoms with Crippen molar-refractivity contribution in [1.82, 2.24) is 20.4 Å². The van der Waals surface area contributed by atoms with Crippen molar-refractivity contribution in [2.45, 2.75) is 38.3 Å². The lowest BCUT2D eigenvalue weighted by Crippen LogP contribution is -2.59. The van der Waals surface area contributed by atoms with Crippen LogP contribution in [0.2, 0.25) is 0 Å². The molecule has 2 fully saturated rings. The number of hydrogen-bond acceptors (Lipinski definition) is 4. The zero-order valence-corrected chi connectivity index (χ0v) is 18.6. The zero-order chi connectivity index (χ0) is 23.4. The van der Waals surface area contributed by atoms with E-state index in [9.17, 15) is 19.2 Å². The molecule has 8 heteroatoms. The summed E-state index contributed by atoms with van der Waals surface area (Å²) in [6, 6.07) is 16.3. The highest BCUT2D eigenvalue weighted by molar-refractivity contribution is 6.04. The van der Waals surface area contributed by atoms with E-state index in [-0.39, 0.29) is 24.7 Å². The number of benzene rings is 2. The van der Waals surface area contributed by atoms with Crippen LogP contribution in [0, 0.1) is 0 Å². The zero-order valence-electron chi connectivity index (χ0n) is 18.6. The van der Waals surface area contributed by atoms with Crippen LogP contribution in [0.3, 0.4) is 0 Å². The monoisotopic (exact) mass is 448 g/mol. The van der Waals surface area contributed by atoms with Gasteiger partial charge in [0, 0.05) is 32.5 Å². The summed E-state index contributed by atoms with van der Waals surface area (Å²) >= 11 is 0. The van der Waals surface area contributed by atoms with Crippen LogP contribution in [0.1, 0.15) is 25.3 Å². The van der Waals surface area contributed by atoms with Gasteiger partial charge in [-0.25, -0.2) is 4.79 Å². The first-order valence-electron chi connectivity index (χ1n) is 11.3. The van der Waals surface area contributed by atoms with E-state index in [1.54, 1.807) is 9.80 Å². The number of urea groups is 1. The second-order valence-corrected chi connectivity index (χ2v) is 8.34. The Kier molecular flexibility index (Phi) is 6.72. The van der Waals surface area contributed by atoms with E-state index in [1.807, 2.05) is 61.5 Å². The highest BCUT2D eigenvalue weighted by atomic mass is 16.2. The molecule has 0 unspecified atom stereocenters. The average Bonchev–Trinajstić information content (AvgIpc) is 3.16. The Bertz CT molecular complexity index is 1040. The van der Waals surface area contributed by atoms with Crippen molar-refractivity contribution in [1.29, 1.82) is 0 Å². The molecule has 2 aliphatic rings. The molecule has 8 nitrogen and oxygen atoms in total. The number of likely N-dealkylation sites (N-methyl/N-ethyl adjacent to an activating group) is 1. The van der Waals surface area contributed by atoms with Crippen LogP contribution in [-0.2, 0) is 20.8 Å². The Morgan fingerprint density at radius 1 is 0.970 bits per heavy atom. The minimum atomic E-state index is -0.710. The number of nitrogens with one attached hydrogen (secondary N) is 2. The van der Waals surface area contributed by atoms with E-state index < -0.39 is 24.0 Å². The lowest BCUT2D eigenvalue weighted by atomic mass is 9.97. The molecule has 0 saturated carbocycles.